The van der Waals surface area contributed by atoms with E-state index in [1.807, 2.05) is 12.5 Å². The highest BCUT2D eigenvalue weighted by Gasteiger charge is 2.28. The fourth-order valence-corrected chi connectivity index (χ4v) is 2.65. The van der Waals surface area contributed by atoms with Crippen LogP contribution in [0.4, 0.5) is 0 Å². The van der Waals surface area contributed by atoms with E-state index in [4.69, 9.17) is 0 Å². The van der Waals surface area contributed by atoms with Crippen molar-refractivity contribution in [3.8, 4) is 0 Å². The molecule has 1 N–H and O–H groups in total. The minimum Gasteiger partial charge on any atom is -0.333 e. The molecule has 1 aliphatic rings. The number of hydrogen-bond acceptors (Lipinski definition) is 2. The Kier molecular flexibility index (Phi) is 3.41. The van der Waals surface area contributed by atoms with Crippen molar-refractivity contribution in [2.24, 2.45) is 5.92 Å². The van der Waals surface area contributed by atoms with Crippen LogP contribution in [0.1, 0.15) is 39.2 Å². The molecule has 1 heterocycles. The largest absolute Gasteiger partial charge is 0.333 e. The molecular formula is C12H21N3. The van der Waals surface area contributed by atoms with Gasteiger partial charge in [-0.2, -0.15) is 0 Å². The van der Waals surface area contributed by atoms with Gasteiger partial charge in [-0.1, -0.05) is 13.8 Å². The Labute approximate surface area is 91.9 Å². The zero-order chi connectivity index (χ0) is 10.7. The quantitative estimate of drug-likeness (QED) is 0.823. The minimum absolute atomic E-state index is 0.594. The predicted octanol–water partition coefficient (Wildman–Crippen LogP) is 2.22. The van der Waals surface area contributed by atoms with Gasteiger partial charge >= 0.3 is 0 Å². The van der Waals surface area contributed by atoms with Crippen LogP contribution in [-0.2, 0) is 0 Å². The Balaban J connectivity index is 2.09. The molecule has 0 saturated heterocycles. The first-order valence-electron chi connectivity index (χ1n) is 6.02. The lowest BCUT2D eigenvalue weighted by atomic mass is 9.83. The van der Waals surface area contributed by atoms with Gasteiger partial charge in [-0.05, 0) is 31.7 Å². The van der Waals surface area contributed by atoms with Gasteiger partial charge in [0, 0.05) is 18.4 Å². The minimum atomic E-state index is 0.594. The standard InChI is InChI=1S/C12H21N3/c1-3-14-11-5-4-10(2)8-12(11)15-7-6-13-9-15/h6-7,9-12,14H,3-5,8H2,1-2H3. The van der Waals surface area contributed by atoms with Crippen LogP contribution in [0.25, 0.3) is 0 Å². The van der Waals surface area contributed by atoms with Crippen LogP contribution in [-0.4, -0.2) is 22.1 Å². The van der Waals surface area contributed by atoms with E-state index in [9.17, 15) is 0 Å². The molecule has 3 heteroatoms. The lowest BCUT2D eigenvalue weighted by Crippen LogP contribution is -2.41. The lowest BCUT2D eigenvalue weighted by Gasteiger charge is -2.36. The monoisotopic (exact) mass is 207 g/mol. The normalized spacial score (nSPS) is 31.7. The van der Waals surface area contributed by atoms with Crippen molar-refractivity contribution < 1.29 is 0 Å². The summed E-state index contributed by atoms with van der Waals surface area (Å²) in [6.07, 6.45) is 9.83. The molecule has 0 aliphatic heterocycles. The number of hydrogen-bond donors (Lipinski definition) is 1. The predicted molar refractivity (Wildman–Crippen MR) is 61.7 cm³/mol. The molecule has 1 aromatic rings. The van der Waals surface area contributed by atoms with Gasteiger partial charge in [-0.25, -0.2) is 4.98 Å². The molecule has 1 aromatic heterocycles. The zero-order valence-electron chi connectivity index (χ0n) is 9.69. The highest BCUT2D eigenvalue weighted by molar-refractivity contribution is 4.91. The average molecular weight is 207 g/mol. The second-order valence-corrected chi connectivity index (χ2v) is 4.66. The molecule has 84 valence electrons. The van der Waals surface area contributed by atoms with E-state index in [1.165, 1.54) is 19.3 Å². The maximum absolute atomic E-state index is 4.15. The highest BCUT2D eigenvalue weighted by atomic mass is 15.1. The van der Waals surface area contributed by atoms with Gasteiger partial charge in [-0.3, -0.25) is 0 Å². The molecule has 0 aromatic carbocycles. The van der Waals surface area contributed by atoms with Crippen molar-refractivity contribution in [1.82, 2.24) is 14.9 Å². The van der Waals surface area contributed by atoms with Crippen LogP contribution < -0.4 is 5.32 Å². The number of nitrogens with one attached hydrogen (secondary N) is 1. The van der Waals surface area contributed by atoms with Crippen molar-refractivity contribution in [3.63, 3.8) is 0 Å². The summed E-state index contributed by atoms with van der Waals surface area (Å²) in [5.74, 6) is 0.840. The molecule has 0 spiro atoms. The summed E-state index contributed by atoms with van der Waals surface area (Å²) in [4.78, 5) is 4.15. The zero-order valence-corrected chi connectivity index (χ0v) is 9.69. The fourth-order valence-electron chi connectivity index (χ4n) is 2.65. The van der Waals surface area contributed by atoms with Crippen LogP contribution in [0.5, 0.6) is 0 Å². The molecule has 3 nitrogen and oxygen atoms in total. The first kappa shape index (κ1) is 10.7. The second-order valence-electron chi connectivity index (χ2n) is 4.66. The van der Waals surface area contributed by atoms with E-state index >= 15 is 0 Å². The molecule has 0 bridgehead atoms. The molecule has 15 heavy (non-hydrogen) atoms. The van der Waals surface area contributed by atoms with E-state index in [1.54, 1.807) is 0 Å². The maximum Gasteiger partial charge on any atom is 0.0949 e. The summed E-state index contributed by atoms with van der Waals surface area (Å²) in [6.45, 7) is 5.60. The van der Waals surface area contributed by atoms with E-state index in [-0.39, 0.29) is 0 Å². The summed E-state index contributed by atoms with van der Waals surface area (Å²) in [7, 11) is 0. The molecule has 1 aliphatic carbocycles. The Hall–Kier alpha value is -0.830. The lowest BCUT2D eigenvalue weighted by molar-refractivity contribution is 0.217. The van der Waals surface area contributed by atoms with Crippen LogP contribution >= 0.6 is 0 Å². The van der Waals surface area contributed by atoms with Crippen LogP contribution in [0.15, 0.2) is 18.7 Å². The van der Waals surface area contributed by atoms with Crippen molar-refractivity contribution in [2.75, 3.05) is 6.54 Å². The molecule has 0 amide bonds. The number of imidazole rings is 1. The third kappa shape index (κ3) is 2.40. The Bertz CT molecular complexity index is 281. The van der Waals surface area contributed by atoms with E-state index in [2.05, 4.69) is 34.9 Å². The molecular weight excluding hydrogens is 186 g/mol. The van der Waals surface area contributed by atoms with Gasteiger partial charge in [0.15, 0.2) is 0 Å². The van der Waals surface area contributed by atoms with Crippen molar-refractivity contribution in [3.05, 3.63) is 18.7 Å². The molecule has 2 rings (SSSR count). The molecule has 1 fully saturated rings. The number of nitrogens with zero attached hydrogens (tertiary/aromatic N) is 2. The molecule has 3 atom stereocenters. The number of likely N-dealkylation sites (N-methyl/N-ethyl adjacent to an activating group) is 1. The van der Waals surface area contributed by atoms with Crippen LogP contribution in [0.3, 0.4) is 0 Å². The van der Waals surface area contributed by atoms with Crippen LogP contribution in [0, 0.1) is 5.92 Å². The molecule has 3 unspecified atom stereocenters. The second kappa shape index (κ2) is 4.79. The Morgan fingerprint density at radius 3 is 3.00 bits per heavy atom. The van der Waals surface area contributed by atoms with Crippen molar-refractivity contribution >= 4 is 0 Å². The van der Waals surface area contributed by atoms with Gasteiger partial charge in [0.2, 0.25) is 0 Å². The van der Waals surface area contributed by atoms with Crippen molar-refractivity contribution in [1.29, 1.82) is 0 Å². The number of aromatic nitrogens is 2. The SMILES string of the molecule is CCNC1CCC(C)CC1n1ccnc1. The Morgan fingerprint density at radius 2 is 2.33 bits per heavy atom. The van der Waals surface area contributed by atoms with Gasteiger partial charge in [0.1, 0.15) is 0 Å². The number of rotatable bonds is 3. The smallest absolute Gasteiger partial charge is 0.0949 e. The van der Waals surface area contributed by atoms with Crippen molar-refractivity contribution in [2.45, 2.75) is 45.2 Å². The van der Waals surface area contributed by atoms with E-state index < -0.39 is 0 Å². The molecule has 1 saturated carbocycles. The maximum atomic E-state index is 4.15. The third-order valence-corrected chi connectivity index (χ3v) is 3.45. The van der Waals surface area contributed by atoms with Gasteiger partial charge in [0.25, 0.3) is 0 Å². The van der Waals surface area contributed by atoms with Crippen LogP contribution in [0.2, 0.25) is 0 Å². The summed E-state index contributed by atoms with van der Waals surface area (Å²) in [5, 5.41) is 3.59. The fraction of sp³-hybridized carbons (Fsp3) is 0.750. The Morgan fingerprint density at radius 1 is 1.47 bits per heavy atom. The first-order valence-corrected chi connectivity index (χ1v) is 6.02. The van der Waals surface area contributed by atoms with E-state index in [0.717, 1.165) is 12.5 Å². The topological polar surface area (TPSA) is 29.9 Å². The average Bonchev–Trinajstić information content (AvgIpc) is 2.74. The molecule has 0 radical (unpaired) electrons. The van der Waals surface area contributed by atoms with Gasteiger partial charge in [-0.15, -0.1) is 0 Å². The van der Waals surface area contributed by atoms with E-state index in [0.29, 0.717) is 12.1 Å². The summed E-state index contributed by atoms with van der Waals surface area (Å²) in [5.41, 5.74) is 0. The third-order valence-electron chi connectivity index (χ3n) is 3.45. The summed E-state index contributed by atoms with van der Waals surface area (Å²) >= 11 is 0. The van der Waals surface area contributed by atoms with Gasteiger partial charge < -0.3 is 9.88 Å². The van der Waals surface area contributed by atoms with Gasteiger partial charge in [0.05, 0.1) is 12.4 Å². The first-order chi connectivity index (χ1) is 7.31. The summed E-state index contributed by atoms with van der Waals surface area (Å²) in [6, 6.07) is 1.22. The highest BCUT2D eigenvalue weighted by Crippen LogP contribution is 2.32. The summed E-state index contributed by atoms with van der Waals surface area (Å²) < 4.78 is 2.27.